The molecular weight excluding hydrogens is 372 g/mol. The lowest BCUT2D eigenvalue weighted by Crippen LogP contribution is -2.11. The van der Waals surface area contributed by atoms with Crippen LogP contribution in [0.1, 0.15) is 9.75 Å². The van der Waals surface area contributed by atoms with Crippen LogP contribution in [0.5, 0.6) is 11.5 Å². The summed E-state index contributed by atoms with van der Waals surface area (Å²) in [4.78, 5) is 6.92. The van der Waals surface area contributed by atoms with Crippen molar-refractivity contribution in [3.05, 3.63) is 32.6 Å². The fourth-order valence-electron chi connectivity index (χ4n) is 2.24. The largest absolute Gasteiger partial charge is 0.492 e. The van der Waals surface area contributed by atoms with Crippen LogP contribution in [0.4, 0.5) is 0 Å². The van der Waals surface area contributed by atoms with Gasteiger partial charge in [-0.15, -0.1) is 22.7 Å². The first-order valence-electron chi connectivity index (χ1n) is 8.32. The molecule has 0 amide bonds. The lowest BCUT2D eigenvalue weighted by molar-refractivity contribution is 0.327. The molecule has 2 rings (SSSR count). The number of hydrogen-bond donors (Lipinski definition) is 0. The van der Waals surface area contributed by atoms with Gasteiger partial charge in [-0.3, -0.25) is 0 Å². The van der Waals surface area contributed by atoms with E-state index in [0.29, 0.717) is 0 Å². The van der Waals surface area contributed by atoms with Gasteiger partial charge >= 0.3 is 0 Å². The van der Waals surface area contributed by atoms with Crippen LogP contribution in [0.3, 0.4) is 0 Å². The molecule has 2 heterocycles. The van der Waals surface area contributed by atoms with Crippen LogP contribution >= 0.6 is 34.4 Å². The predicted molar refractivity (Wildman–Crippen MR) is 112 cm³/mol. The molecule has 140 valence electrons. The van der Waals surface area contributed by atoms with E-state index in [-0.39, 0.29) is 0 Å². The van der Waals surface area contributed by atoms with Crippen LogP contribution in [0, 0.1) is 0 Å². The molecule has 2 aromatic rings. The Kier molecular flexibility index (Phi) is 9.12. The minimum Gasteiger partial charge on any atom is -0.492 e. The highest BCUT2D eigenvalue weighted by molar-refractivity contribution is 7.99. The monoisotopic (exact) mass is 400 g/mol. The standard InChI is InChI=1S/C18H28N2O2S3/c1-19(2)13-17-15(5-9-24-17)21-7-11-23-12-8-22-16-6-10-25-18(16)14-20(3)4/h5-6,9-10H,7-8,11-14H2,1-4H3. The normalized spacial score (nSPS) is 11.4. The number of ether oxygens (including phenoxy) is 2. The van der Waals surface area contributed by atoms with Gasteiger partial charge in [-0.2, -0.15) is 11.8 Å². The van der Waals surface area contributed by atoms with Crippen LogP contribution in [0.15, 0.2) is 22.9 Å². The first-order valence-corrected chi connectivity index (χ1v) is 11.2. The Bertz CT molecular complexity index is 559. The molecule has 0 aromatic carbocycles. The highest BCUT2D eigenvalue weighted by Gasteiger charge is 2.08. The van der Waals surface area contributed by atoms with Gasteiger partial charge < -0.3 is 19.3 Å². The molecule has 7 heteroatoms. The number of rotatable bonds is 12. The molecule has 0 atom stereocenters. The maximum absolute atomic E-state index is 5.91. The molecule has 0 N–H and O–H groups in total. The lowest BCUT2D eigenvalue weighted by Gasteiger charge is -2.12. The number of nitrogens with zero attached hydrogens (tertiary/aromatic N) is 2. The number of thiophene rings is 2. The molecule has 2 aromatic heterocycles. The minimum atomic E-state index is 0.742. The molecule has 0 bridgehead atoms. The molecule has 0 saturated heterocycles. The van der Waals surface area contributed by atoms with E-state index in [4.69, 9.17) is 9.47 Å². The van der Waals surface area contributed by atoms with Crippen LogP contribution < -0.4 is 9.47 Å². The molecule has 0 radical (unpaired) electrons. The third kappa shape index (κ3) is 7.58. The summed E-state index contributed by atoms with van der Waals surface area (Å²) in [6.07, 6.45) is 0. The highest BCUT2D eigenvalue weighted by Crippen LogP contribution is 2.27. The number of hydrogen-bond acceptors (Lipinski definition) is 7. The zero-order valence-corrected chi connectivity index (χ0v) is 17.9. The van der Waals surface area contributed by atoms with Gasteiger partial charge in [0.25, 0.3) is 0 Å². The fraction of sp³-hybridized carbons (Fsp3) is 0.556. The lowest BCUT2D eigenvalue weighted by atomic mass is 10.4. The molecule has 0 saturated carbocycles. The summed E-state index contributed by atoms with van der Waals surface area (Å²) in [6.45, 7) is 3.35. The van der Waals surface area contributed by atoms with Crippen LogP contribution in [-0.4, -0.2) is 62.7 Å². The average Bonchev–Trinajstić information content (AvgIpc) is 3.15. The predicted octanol–water partition coefficient (Wildman–Crippen LogP) is 4.12. The second kappa shape index (κ2) is 11.1. The Morgan fingerprint density at radius 2 is 1.24 bits per heavy atom. The zero-order valence-electron chi connectivity index (χ0n) is 15.5. The van der Waals surface area contributed by atoms with E-state index in [2.05, 4.69) is 60.9 Å². The second-order valence-corrected chi connectivity index (χ2v) is 9.43. The Labute approximate surface area is 163 Å². The summed E-state index contributed by atoms with van der Waals surface area (Å²) in [7, 11) is 8.32. The molecule has 4 nitrogen and oxygen atoms in total. The van der Waals surface area contributed by atoms with Gasteiger partial charge in [0.1, 0.15) is 11.5 Å². The van der Waals surface area contributed by atoms with Crippen molar-refractivity contribution >= 4 is 34.4 Å². The van der Waals surface area contributed by atoms with Crippen molar-refractivity contribution in [2.75, 3.05) is 52.9 Å². The topological polar surface area (TPSA) is 24.9 Å². The molecule has 0 unspecified atom stereocenters. The molecule has 0 aliphatic heterocycles. The van der Waals surface area contributed by atoms with Crippen molar-refractivity contribution in [2.45, 2.75) is 13.1 Å². The molecule has 0 aliphatic carbocycles. The summed E-state index contributed by atoms with van der Waals surface area (Å²) in [6, 6.07) is 4.14. The molecule has 0 spiro atoms. The Balaban J connectivity index is 1.58. The molecule has 0 aliphatic rings. The van der Waals surface area contributed by atoms with E-state index in [0.717, 1.165) is 49.3 Å². The van der Waals surface area contributed by atoms with Crippen molar-refractivity contribution in [1.29, 1.82) is 0 Å². The van der Waals surface area contributed by atoms with Crippen LogP contribution in [-0.2, 0) is 13.1 Å². The van der Waals surface area contributed by atoms with E-state index in [9.17, 15) is 0 Å². The van der Waals surface area contributed by atoms with Crippen molar-refractivity contribution in [3.63, 3.8) is 0 Å². The van der Waals surface area contributed by atoms with E-state index < -0.39 is 0 Å². The fourth-order valence-corrected chi connectivity index (χ4v) is 4.71. The van der Waals surface area contributed by atoms with Crippen molar-refractivity contribution < 1.29 is 9.47 Å². The van der Waals surface area contributed by atoms with Crippen molar-refractivity contribution in [3.8, 4) is 11.5 Å². The van der Waals surface area contributed by atoms with Gasteiger partial charge in [-0.05, 0) is 51.1 Å². The summed E-state index contributed by atoms with van der Waals surface area (Å²) >= 11 is 5.39. The number of thioether (sulfide) groups is 1. The summed E-state index contributed by atoms with van der Waals surface area (Å²) in [5.41, 5.74) is 0. The third-order valence-corrected chi connectivity index (χ3v) is 5.98. The maximum atomic E-state index is 5.91. The van der Waals surface area contributed by atoms with E-state index in [1.54, 1.807) is 22.7 Å². The van der Waals surface area contributed by atoms with Gasteiger partial charge in [-0.25, -0.2) is 0 Å². The maximum Gasteiger partial charge on any atom is 0.134 e. The third-order valence-electron chi connectivity index (χ3n) is 3.30. The Morgan fingerprint density at radius 1 is 0.800 bits per heavy atom. The van der Waals surface area contributed by atoms with E-state index in [1.165, 1.54) is 9.75 Å². The van der Waals surface area contributed by atoms with Gasteiger partial charge in [0.05, 0.1) is 23.0 Å². The second-order valence-electron chi connectivity index (χ2n) is 6.20. The quantitative estimate of drug-likeness (QED) is 0.499. The van der Waals surface area contributed by atoms with Crippen LogP contribution in [0.25, 0.3) is 0 Å². The Morgan fingerprint density at radius 3 is 1.64 bits per heavy atom. The minimum absolute atomic E-state index is 0.742. The molecule has 0 fully saturated rings. The first kappa shape index (κ1) is 20.6. The summed E-state index contributed by atoms with van der Waals surface area (Å²) in [5, 5.41) is 4.20. The van der Waals surface area contributed by atoms with Crippen molar-refractivity contribution in [2.24, 2.45) is 0 Å². The van der Waals surface area contributed by atoms with Crippen molar-refractivity contribution in [1.82, 2.24) is 9.80 Å². The van der Waals surface area contributed by atoms with Crippen LogP contribution in [0.2, 0.25) is 0 Å². The van der Waals surface area contributed by atoms with E-state index in [1.807, 2.05) is 11.8 Å². The Hall–Kier alpha value is -0.730. The van der Waals surface area contributed by atoms with Gasteiger partial charge in [0.2, 0.25) is 0 Å². The SMILES string of the molecule is CN(C)Cc1sccc1OCCSCCOc1ccsc1CN(C)C. The highest BCUT2D eigenvalue weighted by atomic mass is 32.2. The smallest absolute Gasteiger partial charge is 0.134 e. The average molecular weight is 401 g/mol. The molecule has 25 heavy (non-hydrogen) atoms. The van der Waals surface area contributed by atoms with E-state index >= 15 is 0 Å². The summed E-state index contributed by atoms with van der Waals surface area (Å²) in [5.74, 6) is 4.02. The van der Waals surface area contributed by atoms with Gasteiger partial charge in [-0.1, -0.05) is 0 Å². The first-order chi connectivity index (χ1) is 12.1. The zero-order chi connectivity index (χ0) is 18.1. The summed E-state index contributed by atoms with van der Waals surface area (Å²) < 4.78 is 11.8. The molecular formula is C18H28N2O2S3. The van der Waals surface area contributed by atoms with Gasteiger partial charge in [0, 0.05) is 24.6 Å². The van der Waals surface area contributed by atoms with Gasteiger partial charge in [0.15, 0.2) is 0 Å².